The van der Waals surface area contributed by atoms with Gasteiger partial charge >= 0.3 is 11.7 Å². The molecule has 0 aromatic carbocycles. The Morgan fingerprint density at radius 3 is 2.60 bits per heavy atom. The third-order valence-electron chi connectivity index (χ3n) is 4.11. The highest BCUT2D eigenvalue weighted by atomic mass is 16.6. The smallest absolute Gasteiger partial charge is 0.353 e. The van der Waals surface area contributed by atoms with E-state index >= 15 is 0 Å². The molecular formula is C19H21N5O6. The van der Waals surface area contributed by atoms with Crippen LogP contribution in [0.15, 0.2) is 52.0 Å². The predicted molar refractivity (Wildman–Crippen MR) is 106 cm³/mol. The number of anilines is 2. The van der Waals surface area contributed by atoms with Crippen molar-refractivity contribution in [2.24, 2.45) is 0 Å². The molecule has 0 aliphatic rings. The molecule has 0 amide bonds. The second-order valence-corrected chi connectivity index (χ2v) is 6.14. The topological polar surface area (TPSA) is 137 Å². The lowest BCUT2D eigenvalue weighted by atomic mass is 10.3. The molecule has 0 atom stereocenters. The number of nitrogens with zero attached hydrogens (tertiary/aromatic N) is 4. The number of hydrogen-bond donors (Lipinski definition) is 1. The van der Waals surface area contributed by atoms with E-state index in [-0.39, 0.29) is 50.0 Å². The van der Waals surface area contributed by atoms with E-state index in [2.05, 4.69) is 15.3 Å². The van der Waals surface area contributed by atoms with E-state index in [9.17, 15) is 14.9 Å². The summed E-state index contributed by atoms with van der Waals surface area (Å²) in [7, 11) is 0. The Morgan fingerprint density at radius 2 is 1.97 bits per heavy atom. The number of nitro groups is 1. The zero-order chi connectivity index (χ0) is 21.3. The molecule has 0 saturated heterocycles. The highest BCUT2D eigenvalue weighted by Crippen LogP contribution is 2.33. The van der Waals surface area contributed by atoms with Gasteiger partial charge in [0.2, 0.25) is 11.6 Å². The maximum Gasteiger partial charge on any atom is 0.353 e. The Kier molecular flexibility index (Phi) is 6.98. The van der Waals surface area contributed by atoms with Gasteiger partial charge in [-0.25, -0.2) is 9.97 Å². The van der Waals surface area contributed by atoms with Crippen molar-refractivity contribution in [1.82, 2.24) is 9.97 Å². The predicted octanol–water partition coefficient (Wildman–Crippen LogP) is 3.14. The van der Waals surface area contributed by atoms with Crippen molar-refractivity contribution in [3.05, 3.63) is 64.8 Å². The Bertz CT molecular complexity index is 958. The summed E-state index contributed by atoms with van der Waals surface area (Å²) in [5, 5.41) is 14.8. The molecule has 158 valence electrons. The van der Waals surface area contributed by atoms with Crippen LogP contribution in [0.3, 0.4) is 0 Å². The zero-order valence-electron chi connectivity index (χ0n) is 16.3. The summed E-state index contributed by atoms with van der Waals surface area (Å²) in [6, 6.07) is 6.91. The van der Waals surface area contributed by atoms with E-state index < -0.39 is 10.9 Å². The monoisotopic (exact) mass is 415 g/mol. The maximum atomic E-state index is 11.9. The molecule has 0 spiro atoms. The molecule has 3 rings (SSSR count). The molecule has 0 aliphatic carbocycles. The number of furan rings is 2. The Morgan fingerprint density at radius 1 is 1.23 bits per heavy atom. The van der Waals surface area contributed by atoms with E-state index in [0.717, 1.165) is 0 Å². The van der Waals surface area contributed by atoms with Gasteiger partial charge in [0.1, 0.15) is 17.8 Å². The second-order valence-electron chi connectivity index (χ2n) is 6.14. The lowest BCUT2D eigenvalue weighted by Gasteiger charge is -2.22. The van der Waals surface area contributed by atoms with Gasteiger partial charge in [0.25, 0.3) is 0 Å². The Balaban J connectivity index is 1.88. The van der Waals surface area contributed by atoms with Gasteiger partial charge in [-0.15, -0.1) is 0 Å². The molecule has 3 aromatic rings. The molecular weight excluding hydrogens is 394 g/mol. The summed E-state index contributed by atoms with van der Waals surface area (Å²) < 4.78 is 15.6. The molecule has 0 fully saturated rings. The molecule has 11 heteroatoms. The third-order valence-corrected chi connectivity index (χ3v) is 4.11. The van der Waals surface area contributed by atoms with Crippen LogP contribution < -0.4 is 10.2 Å². The lowest BCUT2D eigenvalue weighted by molar-refractivity contribution is -0.383. The number of esters is 1. The molecule has 30 heavy (non-hydrogen) atoms. The number of aromatic nitrogens is 2. The number of rotatable bonds is 11. The van der Waals surface area contributed by atoms with Gasteiger partial charge < -0.3 is 23.8 Å². The molecule has 0 bridgehead atoms. The van der Waals surface area contributed by atoms with Gasteiger partial charge in [-0.2, -0.15) is 0 Å². The fourth-order valence-electron chi connectivity index (χ4n) is 2.79. The number of carbonyl (C=O) groups is 1. The van der Waals surface area contributed by atoms with Crippen LogP contribution in [0.2, 0.25) is 0 Å². The van der Waals surface area contributed by atoms with Crippen molar-refractivity contribution < 1.29 is 23.3 Å². The maximum absolute atomic E-state index is 11.9. The summed E-state index contributed by atoms with van der Waals surface area (Å²) in [4.78, 5) is 32.9. The molecule has 0 saturated carbocycles. The van der Waals surface area contributed by atoms with Gasteiger partial charge in [-0.05, 0) is 31.2 Å². The van der Waals surface area contributed by atoms with E-state index in [0.29, 0.717) is 11.5 Å². The third kappa shape index (κ3) is 5.34. The van der Waals surface area contributed by atoms with E-state index in [1.807, 2.05) is 0 Å². The van der Waals surface area contributed by atoms with Crippen molar-refractivity contribution in [3.8, 4) is 0 Å². The first-order valence-corrected chi connectivity index (χ1v) is 9.27. The molecule has 1 N–H and O–H groups in total. The number of hydrogen-bond acceptors (Lipinski definition) is 10. The van der Waals surface area contributed by atoms with Crippen LogP contribution in [-0.4, -0.2) is 34.0 Å². The number of carbonyl (C=O) groups excluding carboxylic acids is 1. The first-order valence-electron chi connectivity index (χ1n) is 9.27. The number of nitrogens with one attached hydrogen (secondary N) is 1. The Hall–Kier alpha value is -3.89. The minimum Gasteiger partial charge on any atom is -0.467 e. The fourth-order valence-corrected chi connectivity index (χ4v) is 2.79. The molecule has 11 nitrogen and oxygen atoms in total. The van der Waals surface area contributed by atoms with E-state index in [1.54, 1.807) is 36.1 Å². The van der Waals surface area contributed by atoms with Gasteiger partial charge in [0.15, 0.2) is 0 Å². The van der Waals surface area contributed by atoms with Gasteiger partial charge in [-0.3, -0.25) is 14.9 Å². The van der Waals surface area contributed by atoms with Crippen molar-refractivity contribution >= 4 is 23.3 Å². The van der Waals surface area contributed by atoms with E-state index in [4.69, 9.17) is 13.6 Å². The van der Waals surface area contributed by atoms with Crippen LogP contribution in [0.1, 0.15) is 24.9 Å². The van der Waals surface area contributed by atoms with Crippen molar-refractivity contribution in [1.29, 1.82) is 0 Å². The zero-order valence-corrected chi connectivity index (χ0v) is 16.3. The summed E-state index contributed by atoms with van der Waals surface area (Å²) in [6.45, 7) is 2.51. The largest absolute Gasteiger partial charge is 0.467 e. The molecule has 0 unspecified atom stereocenters. The second kappa shape index (κ2) is 10.0. The quantitative estimate of drug-likeness (QED) is 0.282. The van der Waals surface area contributed by atoms with E-state index in [1.165, 1.54) is 18.9 Å². The minimum atomic E-state index is -0.556. The van der Waals surface area contributed by atoms with Crippen LogP contribution in [0.4, 0.5) is 17.3 Å². The summed E-state index contributed by atoms with van der Waals surface area (Å²) >= 11 is 0. The highest BCUT2D eigenvalue weighted by molar-refractivity contribution is 5.73. The first-order chi connectivity index (χ1) is 14.6. The van der Waals surface area contributed by atoms with Gasteiger partial charge in [0, 0.05) is 6.54 Å². The lowest BCUT2D eigenvalue weighted by Crippen LogP contribution is -2.28. The standard InChI is InChI=1S/C19H21N5O6/c1-2-28-16(25)7-8-23(12-15-6-4-10-30-15)19-17(24(26)27)18(21-13-22-19)20-11-14-5-3-9-29-14/h3-6,9-10,13H,2,7-8,11-12H2,1H3,(H,20,21,22). The summed E-state index contributed by atoms with van der Waals surface area (Å²) in [5.41, 5.74) is -0.306. The number of ether oxygens (including phenoxy) is 1. The SMILES string of the molecule is CCOC(=O)CCN(Cc1ccco1)c1ncnc(NCc2ccco2)c1[N+](=O)[O-]. The van der Waals surface area contributed by atoms with Gasteiger partial charge in [0.05, 0.1) is 43.6 Å². The average molecular weight is 415 g/mol. The van der Waals surface area contributed by atoms with Crippen LogP contribution in [0, 0.1) is 10.1 Å². The molecule has 3 heterocycles. The van der Waals surface area contributed by atoms with Crippen LogP contribution in [-0.2, 0) is 22.6 Å². The van der Waals surface area contributed by atoms with Crippen LogP contribution in [0.5, 0.6) is 0 Å². The highest BCUT2D eigenvalue weighted by Gasteiger charge is 2.28. The van der Waals surface area contributed by atoms with Crippen molar-refractivity contribution in [3.63, 3.8) is 0 Å². The molecule has 3 aromatic heterocycles. The normalized spacial score (nSPS) is 10.6. The summed E-state index contributed by atoms with van der Waals surface area (Å²) in [5.74, 6) is 0.866. The minimum absolute atomic E-state index is 0.0326. The first kappa shape index (κ1) is 20.8. The summed E-state index contributed by atoms with van der Waals surface area (Å²) in [6.07, 6.45) is 4.28. The fraction of sp³-hybridized carbons (Fsp3) is 0.316. The van der Waals surface area contributed by atoms with Crippen molar-refractivity contribution in [2.75, 3.05) is 23.4 Å². The average Bonchev–Trinajstić information content (AvgIpc) is 3.43. The molecule has 0 aliphatic heterocycles. The van der Waals surface area contributed by atoms with Gasteiger partial charge in [-0.1, -0.05) is 0 Å². The van der Waals surface area contributed by atoms with Crippen molar-refractivity contribution in [2.45, 2.75) is 26.4 Å². The van der Waals surface area contributed by atoms with Crippen LogP contribution in [0.25, 0.3) is 0 Å². The Labute approximate surface area is 171 Å². The van der Waals surface area contributed by atoms with Crippen LogP contribution >= 0.6 is 0 Å². The molecule has 0 radical (unpaired) electrons.